The van der Waals surface area contributed by atoms with Gasteiger partial charge in [-0.2, -0.15) is 5.26 Å². The maximum atomic E-state index is 12.3. The lowest BCUT2D eigenvalue weighted by Gasteiger charge is -2.21. The van der Waals surface area contributed by atoms with Crippen LogP contribution < -0.4 is 0 Å². The summed E-state index contributed by atoms with van der Waals surface area (Å²) in [5.74, 6) is -1.42. The molecular weight excluding hydrogens is 268 g/mol. The third kappa shape index (κ3) is 3.60. The van der Waals surface area contributed by atoms with Gasteiger partial charge in [0.05, 0.1) is 17.6 Å². The van der Waals surface area contributed by atoms with Gasteiger partial charge in [-0.15, -0.1) is 0 Å². The second-order valence-corrected chi connectivity index (χ2v) is 5.55. The van der Waals surface area contributed by atoms with Gasteiger partial charge in [0.15, 0.2) is 0 Å². The molecule has 5 nitrogen and oxygen atoms in total. The van der Waals surface area contributed by atoms with E-state index in [0.717, 1.165) is 5.56 Å². The fraction of sp³-hybridized carbons (Fsp3) is 0.438. The van der Waals surface area contributed by atoms with E-state index in [-0.39, 0.29) is 11.8 Å². The van der Waals surface area contributed by atoms with E-state index in [1.807, 2.05) is 6.07 Å². The largest absolute Gasteiger partial charge is 0.481 e. The van der Waals surface area contributed by atoms with Gasteiger partial charge in [-0.05, 0) is 37.0 Å². The van der Waals surface area contributed by atoms with Crippen LogP contribution in [0.4, 0.5) is 0 Å². The van der Waals surface area contributed by atoms with Crippen LogP contribution in [0.5, 0.6) is 0 Å². The fourth-order valence-corrected chi connectivity index (χ4v) is 2.83. The Balaban J connectivity index is 1.97. The van der Waals surface area contributed by atoms with Gasteiger partial charge in [0.25, 0.3) is 0 Å². The molecule has 1 aliphatic carbocycles. The van der Waals surface area contributed by atoms with E-state index >= 15 is 0 Å². The zero-order valence-corrected chi connectivity index (χ0v) is 12.0. The third-order valence-corrected chi connectivity index (χ3v) is 3.98. The van der Waals surface area contributed by atoms with Crippen molar-refractivity contribution in [1.29, 1.82) is 5.26 Å². The number of carbonyl (C=O) groups is 2. The van der Waals surface area contributed by atoms with E-state index < -0.39 is 11.9 Å². The number of amides is 1. The predicted molar refractivity (Wildman–Crippen MR) is 76.1 cm³/mol. The minimum Gasteiger partial charge on any atom is -0.481 e. The van der Waals surface area contributed by atoms with Gasteiger partial charge < -0.3 is 10.0 Å². The van der Waals surface area contributed by atoms with Crippen LogP contribution in [-0.2, 0) is 16.1 Å². The lowest BCUT2D eigenvalue weighted by Crippen LogP contribution is -2.31. The summed E-state index contributed by atoms with van der Waals surface area (Å²) in [5.41, 5.74) is 1.47. The van der Waals surface area contributed by atoms with Gasteiger partial charge in [-0.25, -0.2) is 0 Å². The molecular formula is C16H18N2O3. The number of carbonyl (C=O) groups excluding carboxylic acids is 1. The number of rotatable bonds is 4. The first-order chi connectivity index (χ1) is 10.0. The Hall–Kier alpha value is -2.35. The Morgan fingerprint density at radius 2 is 2.10 bits per heavy atom. The average Bonchev–Trinajstić information content (AvgIpc) is 2.96. The highest BCUT2D eigenvalue weighted by molar-refractivity contribution is 5.80. The van der Waals surface area contributed by atoms with E-state index in [1.54, 1.807) is 30.1 Å². The van der Waals surface area contributed by atoms with Crippen LogP contribution in [0.25, 0.3) is 0 Å². The van der Waals surface area contributed by atoms with E-state index in [9.17, 15) is 9.59 Å². The van der Waals surface area contributed by atoms with Gasteiger partial charge in [-0.3, -0.25) is 9.59 Å². The summed E-state index contributed by atoms with van der Waals surface area (Å²) in [7, 11) is 1.72. The van der Waals surface area contributed by atoms with Crippen molar-refractivity contribution in [3.8, 4) is 6.07 Å². The molecule has 2 rings (SSSR count). The van der Waals surface area contributed by atoms with Gasteiger partial charge >= 0.3 is 5.97 Å². The van der Waals surface area contributed by atoms with E-state index in [4.69, 9.17) is 10.4 Å². The molecule has 110 valence electrons. The van der Waals surface area contributed by atoms with Crippen molar-refractivity contribution in [2.45, 2.75) is 25.8 Å². The average molecular weight is 286 g/mol. The Bertz CT molecular complexity index is 591. The maximum Gasteiger partial charge on any atom is 0.306 e. The molecule has 1 saturated carbocycles. The van der Waals surface area contributed by atoms with Crippen LogP contribution in [0.2, 0.25) is 0 Å². The van der Waals surface area contributed by atoms with Crippen molar-refractivity contribution in [3.05, 3.63) is 35.4 Å². The normalized spacial score (nSPS) is 20.8. The van der Waals surface area contributed by atoms with Crippen LogP contribution in [0.15, 0.2) is 24.3 Å². The van der Waals surface area contributed by atoms with Crippen LogP contribution in [0.1, 0.15) is 30.4 Å². The standard InChI is InChI=1S/C16H18N2O3/c1-18(10-12-4-2-3-11(7-12)9-17)15(19)13-5-6-14(8-13)16(20)21/h2-4,7,13-14H,5-6,8,10H2,1H3,(H,20,21). The second kappa shape index (κ2) is 6.40. The zero-order valence-electron chi connectivity index (χ0n) is 12.0. The summed E-state index contributed by atoms with van der Waals surface area (Å²) >= 11 is 0. The molecule has 2 atom stereocenters. The molecule has 0 aliphatic heterocycles. The number of carboxylic acids is 1. The van der Waals surface area contributed by atoms with Crippen LogP contribution >= 0.6 is 0 Å². The predicted octanol–water partition coefficient (Wildman–Crippen LogP) is 2.02. The molecule has 0 bridgehead atoms. The summed E-state index contributed by atoms with van der Waals surface area (Å²) in [4.78, 5) is 24.9. The molecule has 1 amide bonds. The summed E-state index contributed by atoms with van der Waals surface area (Å²) in [6, 6.07) is 9.23. The molecule has 1 aliphatic rings. The number of aliphatic carboxylic acids is 1. The van der Waals surface area contributed by atoms with Gasteiger partial charge in [0.2, 0.25) is 5.91 Å². The molecule has 2 unspecified atom stereocenters. The van der Waals surface area contributed by atoms with Crippen molar-refractivity contribution in [1.82, 2.24) is 4.90 Å². The number of nitrogens with zero attached hydrogens (tertiary/aromatic N) is 2. The van der Waals surface area contributed by atoms with Crippen LogP contribution in [-0.4, -0.2) is 28.9 Å². The molecule has 1 N–H and O–H groups in total. The Labute approximate surface area is 123 Å². The molecule has 1 aromatic rings. The van der Waals surface area contributed by atoms with Gasteiger partial charge in [-0.1, -0.05) is 12.1 Å². The maximum absolute atomic E-state index is 12.3. The smallest absolute Gasteiger partial charge is 0.306 e. The molecule has 21 heavy (non-hydrogen) atoms. The van der Waals surface area contributed by atoms with E-state index in [1.165, 1.54) is 0 Å². The molecule has 1 aromatic carbocycles. The SMILES string of the molecule is CN(Cc1cccc(C#N)c1)C(=O)C1CCC(C(=O)O)C1. The summed E-state index contributed by atoms with van der Waals surface area (Å²) in [6.45, 7) is 0.433. The molecule has 0 radical (unpaired) electrons. The first-order valence-corrected chi connectivity index (χ1v) is 6.98. The van der Waals surface area contributed by atoms with Gasteiger partial charge in [0.1, 0.15) is 0 Å². The Morgan fingerprint density at radius 1 is 1.38 bits per heavy atom. The zero-order chi connectivity index (χ0) is 15.4. The monoisotopic (exact) mass is 286 g/mol. The highest BCUT2D eigenvalue weighted by atomic mass is 16.4. The highest BCUT2D eigenvalue weighted by Gasteiger charge is 2.35. The summed E-state index contributed by atoms with van der Waals surface area (Å²) in [6.07, 6.45) is 1.64. The Morgan fingerprint density at radius 3 is 2.71 bits per heavy atom. The Kier molecular flexibility index (Phi) is 4.59. The number of hydrogen-bond acceptors (Lipinski definition) is 3. The molecule has 0 aromatic heterocycles. The molecule has 1 fully saturated rings. The number of hydrogen-bond donors (Lipinski definition) is 1. The first-order valence-electron chi connectivity index (χ1n) is 6.98. The molecule has 0 spiro atoms. The molecule has 0 heterocycles. The minimum atomic E-state index is -0.810. The summed E-state index contributed by atoms with van der Waals surface area (Å²) < 4.78 is 0. The topological polar surface area (TPSA) is 81.4 Å². The quantitative estimate of drug-likeness (QED) is 0.918. The first kappa shape index (κ1) is 15.0. The van der Waals surface area contributed by atoms with Crippen LogP contribution in [0.3, 0.4) is 0 Å². The van der Waals surface area contributed by atoms with Crippen molar-refractivity contribution in [3.63, 3.8) is 0 Å². The third-order valence-electron chi connectivity index (χ3n) is 3.98. The lowest BCUT2D eigenvalue weighted by molar-refractivity contribution is -0.141. The number of benzene rings is 1. The molecule has 5 heteroatoms. The summed E-state index contributed by atoms with van der Waals surface area (Å²) in [5, 5.41) is 17.9. The van der Waals surface area contributed by atoms with Crippen LogP contribution in [0, 0.1) is 23.2 Å². The minimum absolute atomic E-state index is 0.0129. The van der Waals surface area contributed by atoms with E-state index in [2.05, 4.69) is 6.07 Å². The van der Waals surface area contributed by atoms with Crippen molar-refractivity contribution >= 4 is 11.9 Å². The highest BCUT2D eigenvalue weighted by Crippen LogP contribution is 2.32. The fourth-order valence-electron chi connectivity index (χ4n) is 2.83. The lowest BCUT2D eigenvalue weighted by atomic mass is 10.0. The number of nitriles is 1. The van der Waals surface area contributed by atoms with Crippen molar-refractivity contribution < 1.29 is 14.7 Å². The van der Waals surface area contributed by atoms with Crippen molar-refractivity contribution in [2.24, 2.45) is 11.8 Å². The van der Waals surface area contributed by atoms with Gasteiger partial charge in [0, 0.05) is 19.5 Å². The van der Waals surface area contributed by atoms with E-state index in [0.29, 0.717) is 31.4 Å². The molecule has 0 saturated heterocycles. The second-order valence-electron chi connectivity index (χ2n) is 5.55. The number of carboxylic acid groups (broad SMARTS) is 1. The van der Waals surface area contributed by atoms with Crippen molar-refractivity contribution in [2.75, 3.05) is 7.05 Å².